The smallest absolute Gasteiger partial charge is 0.261 e. The molecule has 2 N–H and O–H groups in total. The van der Waals surface area contributed by atoms with E-state index in [1.165, 1.54) is 42.3 Å². The third-order valence-corrected chi connectivity index (χ3v) is 2.71. The van der Waals surface area contributed by atoms with E-state index < -0.39 is 11.7 Å². The van der Waals surface area contributed by atoms with Crippen molar-refractivity contribution in [3.8, 4) is 11.5 Å². The van der Waals surface area contributed by atoms with E-state index in [-0.39, 0.29) is 17.1 Å². The number of benzene rings is 2. The number of rotatable bonds is 2. The van der Waals surface area contributed by atoms with Crippen molar-refractivity contribution in [1.82, 2.24) is 0 Å². The van der Waals surface area contributed by atoms with E-state index in [1.54, 1.807) is 6.07 Å². The van der Waals surface area contributed by atoms with Gasteiger partial charge < -0.3 is 15.1 Å². The van der Waals surface area contributed by atoms with Gasteiger partial charge in [-0.05, 0) is 36.4 Å². The third-order valence-electron chi connectivity index (χ3n) is 2.71. The second-order valence-corrected chi connectivity index (χ2v) is 4.05. The molecule has 4 nitrogen and oxygen atoms in total. The topological polar surface area (TPSA) is 60.8 Å². The molecule has 0 saturated heterocycles. The summed E-state index contributed by atoms with van der Waals surface area (Å²) in [5, 5.41) is 19.0. The molecular formula is C14H12FNO3. The van der Waals surface area contributed by atoms with Crippen LogP contribution >= 0.6 is 0 Å². The Balaban J connectivity index is 2.36. The van der Waals surface area contributed by atoms with Crippen LogP contribution < -0.4 is 4.90 Å². The lowest BCUT2D eigenvalue weighted by Gasteiger charge is -2.18. The molecule has 0 saturated carbocycles. The Morgan fingerprint density at radius 2 is 1.89 bits per heavy atom. The molecule has 0 radical (unpaired) electrons. The van der Waals surface area contributed by atoms with E-state index in [1.807, 2.05) is 0 Å². The Hall–Kier alpha value is -2.56. The van der Waals surface area contributed by atoms with E-state index in [0.29, 0.717) is 5.69 Å². The number of halogens is 1. The van der Waals surface area contributed by atoms with E-state index in [9.17, 15) is 19.4 Å². The Morgan fingerprint density at radius 1 is 1.16 bits per heavy atom. The Labute approximate surface area is 109 Å². The van der Waals surface area contributed by atoms with E-state index in [0.717, 1.165) is 6.07 Å². The molecule has 0 unspecified atom stereocenters. The fraction of sp³-hybridized carbons (Fsp3) is 0.0714. The van der Waals surface area contributed by atoms with E-state index in [2.05, 4.69) is 0 Å². The van der Waals surface area contributed by atoms with Crippen molar-refractivity contribution in [1.29, 1.82) is 0 Å². The number of nitrogens with zero attached hydrogens (tertiary/aromatic N) is 1. The van der Waals surface area contributed by atoms with Crippen LogP contribution in [-0.2, 0) is 0 Å². The molecule has 0 aromatic heterocycles. The third kappa shape index (κ3) is 2.65. The monoisotopic (exact) mass is 261 g/mol. The molecule has 1 amide bonds. The molecule has 0 aliphatic heterocycles. The van der Waals surface area contributed by atoms with Gasteiger partial charge in [-0.15, -0.1) is 0 Å². The minimum absolute atomic E-state index is 0.0493. The fourth-order valence-electron chi connectivity index (χ4n) is 1.68. The molecule has 0 aliphatic rings. The van der Waals surface area contributed by atoms with Crippen LogP contribution in [0.1, 0.15) is 10.4 Å². The van der Waals surface area contributed by atoms with Gasteiger partial charge in [-0.1, -0.05) is 6.07 Å². The van der Waals surface area contributed by atoms with Crippen LogP contribution in [0.2, 0.25) is 0 Å². The summed E-state index contributed by atoms with van der Waals surface area (Å²) in [6, 6.07) is 9.19. The summed E-state index contributed by atoms with van der Waals surface area (Å²) in [5.74, 6) is -1.38. The van der Waals surface area contributed by atoms with Crippen LogP contribution in [0.15, 0.2) is 42.5 Å². The van der Waals surface area contributed by atoms with Crippen molar-refractivity contribution in [2.45, 2.75) is 0 Å². The number of carbonyl (C=O) groups is 1. The van der Waals surface area contributed by atoms with Gasteiger partial charge in [0.2, 0.25) is 0 Å². The molecule has 0 heterocycles. The maximum absolute atomic E-state index is 13.1. The molecule has 2 rings (SSSR count). The number of carbonyl (C=O) groups excluding carboxylic acids is 1. The largest absolute Gasteiger partial charge is 0.508 e. The highest BCUT2D eigenvalue weighted by molar-refractivity contribution is 6.07. The molecule has 2 aromatic carbocycles. The molecule has 0 aliphatic carbocycles. The Morgan fingerprint density at radius 3 is 2.58 bits per heavy atom. The number of amides is 1. The molecular weight excluding hydrogens is 249 g/mol. The zero-order valence-electron chi connectivity index (χ0n) is 10.2. The van der Waals surface area contributed by atoms with Crippen molar-refractivity contribution in [3.63, 3.8) is 0 Å². The Kier molecular flexibility index (Phi) is 3.37. The minimum Gasteiger partial charge on any atom is -0.508 e. The van der Waals surface area contributed by atoms with Gasteiger partial charge in [-0.3, -0.25) is 4.79 Å². The quantitative estimate of drug-likeness (QED) is 0.816. The van der Waals surface area contributed by atoms with Gasteiger partial charge in [0.15, 0.2) is 0 Å². The van der Waals surface area contributed by atoms with Gasteiger partial charge >= 0.3 is 0 Å². The first kappa shape index (κ1) is 12.9. The molecule has 19 heavy (non-hydrogen) atoms. The van der Waals surface area contributed by atoms with E-state index >= 15 is 0 Å². The van der Waals surface area contributed by atoms with Gasteiger partial charge in [0.05, 0.1) is 5.56 Å². The number of hydrogen-bond acceptors (Lipinski definition) is 3. The molecule has 0 atom stereocenters. The zero-order valence-corrected chi connectivity index (χ0v) is 10.2. The maximum Gasteiger partial charge on any atom is 0.261 e. The SMILES string of the molecule is CN(C(=O)c1cc(O)ccc1O)c1cccc(F)c1. The fourth-order valence-corrected chi connectivity index (χ4v) is 1.68. The number of anilines is 1. The summed E-state index contributed by atoms with van der Waals surface area (Å²) in [7, 11) is 1.46. The van der Waals surface area contributed by atoms with Crippen LogP contribution in [0.25, 0.3) is 0 Å². The number of aromatic hydroxyl groups is 2. The highest BCUT2D eigenvalue weighted by atomic mass is 19.1. The van der Waals surface area contributed by atoms with Gasteiger partial charge in [-0.25, -0.2) is 4.39 Å². The lowest BCUT2D eigenvalue weighted by molar-refractivity contribution is 0.0990. The molecule has 5 heteroatoms. The van der Waals surface area contributed by atoms with Crippen LogP contribution in [0.4, 0.5) is 10.1 Å². The van der Waals surface area contributed by atoms with Gasteiger partial charge in [0.25, 0.3) is 5.91 Å². The first-order valence-corrected chi connectivity index (χ1v) is 5.54. The lowest BCUT2D eigenvalue weighted by atomic mass is 10.1. The predicted octanol–water partition coefficient (Wildman–Crippen LogP) is 2.51. The normalized spacial score (nSPS) is 10.2. The molecule has 2 aromatic rings. The van der Waals surface area contributed by atoms with Crippen molar-refractivity contribution < 1.29 is 19.4 Å². The van der Waals surface area contributed by atoms with Crippen LogP contribution in [0.3, 0.4) is 0 Å². The van der Waals surface area contributed by atoms with Crippen LogP contribution in [-0.4, -0.2) is 23.2 Å². The van der Waals surface area contributed by atoms with Crippen molar-refractivity contribution in [2.75, 3.05) is 11.9 Å². The lowest BCUT2D eigenvalue weighted by Crippen LogP contribution is -2.26. The number of phenolic OH excluding ortho intramolecular Hbond substituents is 2. The number of phenols is 2. The second kappa shape index (κ2) is 4.97. The average Bonchev–Trinajstić information content (AvgIpc) is 2.40. The minimum atomic E-state index is -0.543. The second-order valence-electron chi connectivity index (χ2n) is 4.05. The summed E-state index contributed by atoms with van der Waals surface area (Å²) in [6.45, 7) is 0. The highest BCUT2D eigenvalue weighted by Gasteiger charge is 2.18. The highest BCUT2D eigenvalue weighted by Crippen LogP contribution is 2.25. The predicted molar refractivity (Wildman–Crippen MR) is 68.9 cm³/mol. The summed E-state index contributed by atoms with van der Waals surface area (Å²) < 4.78 is 13.1. The van der Waals surface area contributed by atoms with Gasteiger partial charge in [0.1, 0.15) is 17.3 Å². The molecule has 98 valence electrons. The average molecular weight is 261 g/mol. The summed E-state index contributed by atoms with van der Waals surface area (Å²) in [6.07, 6.45) is 0. The maximum atomic E-state index is 13.1. The standard InChI is InChI=1S/C14H12FNO3/c1-16(10-4-2-3-9(15)7-10)14(19)12-8-11(17)5-6-13(12)18/h2-8,17-18H,1H3. The van der Waals surface area contributed by atoms with Crippen molar-refractivity contribution >= 4 is 11.6 Å². The van der Waals surface area contributed by atoms with Gasteiger partial charge in [0, 0.05) is 12.7 Å². The van der Waals surface area contributed by atoms with Crippen molar-refractivity contribution in [3.05, 3.63) is 53.8 Å². The number of hydrogen-bond donors (Lipinski definition) is 2. The summed E-state index contributed by atoms with van der Waals surface area (Å²) in [5.41, 5.74) is 0.305. The van der Waals surface area contributed by atoms with Crippen molar-refractivity contribution in [2.24, 2.45) is 0 Å². The molecule has 0 spiro atoms. The van der Waals surface area contributed by atoms with Crippen LogP contribution in [0, 0.1) is 5.82 Å². The van der Waals surface area contributed by atoms with E-state index in [4.69, 9.17) is 0 Å². The first-order chi connectivity index (χ1) is 8.99. The van der Waals surface area contributed by atoms with Gasteiger partial charge in [-0.2, -0.15) is 0 Å². The zero-order chi connectivity index (χ0) is 14.0. The first-order valence-electron chi connectivity index (χ1n) is 5.54. The summed E-state index contributed by atoms with van der Waals surface area (Å²) >= 11 is 0. The summed E-state index contributed by atoms with van der Waals surface area (Å²) in [4.78, 5) is 13.4. The Bertz CT molecular complexity index is 628. The molecule has 0 fully saturated rings. The van der Waals surface area contributed by atoms with Crippen LogP contribution in [0.5, 0.6) is 11.5 Å². The molecule has 0 bridgehead atoms.